The maximum atomic E-state index is 6.23. The third kappa shape index (κ3) is 2.15. The first-order chi connectivity index (χ1) is 8.55. The van der Waals surface area contributed by atoms with E-state index in [-0.39, 0.29) is 0 Å². The molecule has 3 unspecified atom stereocenters. The molecule has 18 heavy (non-hydrogen) atoms. The fraction of sp³-hybridized carbons (Fsp3) is 0.647. The van der Waals surface area contributed by atoms with Gasteiger partial charge in [0, 0.05) is 11.5 Å². The van der Waals surface area contributed by atoms with Crippen molar-refractivity contribution in [2.45, 2.75) is 58.5 Å². The second kappa shape index (κ2) is 4.29. The van der Waals surface area contributed by atoms with Gasteiger partial charge in [0.05, 0.1) is 0 Å². The van der Waals surface area contributed by atoms with Crippen molar-refractivity contribution in [3.05, 3.63) is 29.8 Å². The average molecular weight is 244 g/mol. The Morgan fingerprint density at radius 2 is 2.00 bits per heavy atom. The molecule has 98 valence electrons. The Kier molecular flexibility index (Phi) is 2.88. The molecule has 1 aromatic carbocycles. The second-order valence-corrected chi connectivity index (χ2v) is 7.05. The van der Waals surface area contributed by atoms with E-state index in [9.17, 15) is 0 Å². The van der Waals surface area contributed by atoms with Gasteiger partial charge in [-0.25, -0.2) is 0 Å². The van der Waals surface area contributed by atoms with E-state index in [4.69, 9.17) is 4.74 Å². The molecule has 1 saturated carbocycles. The van der Waals surface area contributed by atoms with Crippen LogP contribution in [0.4, 0.5) is 0 Å². The Morgan fingerprint density at radius 3 is 2.83 bits per heavy atom. The molecular formula is C17H24O. The first-order valence-electron chi connectivity index (χ1n) is 7.31. The molecule has 1 aromatic rings. The number of ether oxygens (including phenoxy) is 1. The van der Waals surface area contributed by atoms with Crippen LogP contribution >= 0.6 is 0 Å². The summed E-state index contributed by atoms with van der Waals surface area (Å²) in [4.78, 5) is 0. The number of hydrogen-bond acceptors (Lipinski definition) is 1. The van der Waals surface area contributed by atoms with Crippen LogP contribution in [0.15, 0.2) is 24.3 Å². The van der Waals surface area contributed by atoms with E-state index in [1.54, 1.807) is 0 Å². The van der Waals surface area contributed by atoms with Crippen LogP contribution in [-0.4, -0.2) is 6.10 Å². The molecule has 1 aliphatic carbocycles. The molecule has 0 amide bonds. The van der Waals surface area contributed by atoms with Gasteiger partial charge in [0.15, 0.2) is 0 Å². The lowest BCUT2D eigenvalue weighted by Gasteiger charge is -2.35. The molecule has 3 atom stereocenters. The fourth-order valence-corrected chi connectivity index (χ4v) is 3.64. The Balaban J connectivity index is 1.92. The van der Waals surface area contributed by atoms with Crippen LogP contribution in [0.1, 0.15) is 57.9 Å². The number of benzene rings is 1. The summed E-state index contributed by atoms with van der Waals surface area (Å²) in [5, 5.41) is 0. The molecular weight excluding hydrogens is 220 g/mol. The molecule has 1 aliphatic heterocycles. The summed E-state index contributed by atoms with van der Waals surface area (Å²) < 4.78 is 6.23. The zero-order chi connectivity index (χ0) is 12.8. The van der Waals surface area contributed by atoms with Crippen molar-refractivity contribution in [1.29, 1.82) is 0 Å². The van der Waals surface area contributed by atoms with Gasteiger partial charge in [-0.15, -0.1) is 0 Å². The van der Waals surface area contributed by atoms with Crippen LogP contribution in [0.5, 0.6) is 5.75 Å². The summed E-state index contributed by atoms with van der Waals surface area (Å²) in [7, 11) is 0. The topological polar surface area (TPSA) is 9.23 Å². The van der Waals surface area contributed by atoms with E-state index >= 15 is 0 Å². The predicted octanol–water partition coefficient (Wildman–Crippen LogP) is 4.77. The lowest BCUT2D eigenvalue weighted by molar-refractivity contribution is 0.102. The summed E-state index contributed by atoms with van der Waals surface area (Å²) >= 11 is 0. The maximum absolute atomic E-state index is 6.23. The van der Waals surface area contributed by atoms with Crippen LogP contribution < -0.4 is 4.74 Å². The molecule has 0 bridgehead atoms. The SMILES string of the molecule is CC1CCC(C)(C)CC2Oc3ccccc3C2C1. The zero-order valence-electron chi connectivity index (χ0n) is 11.8. The van der Waals surface area contributed by atoms with Crippen LogP contribution in [0.25, 0.3) is 0 Å². The molecule has 0 spiro atoms. The van der Waals surface area contributed by atoms with Gasteiger partial charge in [0.1, 0.15) is 11.9 Å². The van der Waals surface area contributed by atoms with E-state index in [0.29, 0.717) is 17.4 Å². The van der Waals surface area contributed by atoms with E-state index in [2.05, 4.69) is 45.0 Å². The third-order valence-electron chi connectivity index (χ3n) is 4.77. The van der Waals surface area contributed by atoms with Crippen molar-refractivity contribution in [2.24, 2.45) is 11.3 Å². The van der Waals surface area contributed by atoms with Crippen molar-refractivity contribution in [2.75, 3.05) is 0 Å². The maximum Gasteiger partial charge on any atom is 0.123 e. The van der Waals surface area contributed by atoms with Crippen LogP contribution in [-0.2, 0) is 0 Å². The van der Waals surface area contributed by atoms with Crippen molar-refractivity contribution >= 4 is 0 Å². The fourth-order valence-electron chi connectivity index (χ4n) is 3.64. The van der Waals surface area contributed by atoms with Crippen molar-refractivity contribution < 1.29 is 4.74 Å². The summed E-state index contributed by atoms with van der Waals surface area (Å²) in [5.74, 6) is 2.57. The van der Waals surface area contributed by atoms with Crippen LogP contribution in [0, 0.1) is 11.3 Å². The number of hydrogen-bond donors (Lipinski definition) is 0. The van der Waals surface area contributed by atoms with Crippen molar-refractivity contribution in [3.8, 4) is 5.75 Å². The zero-order valence-corrected chi connectivity index (χ0v) is 11.8. The van der Waals surface area contributed by atoms with Crippen molar-refractivity contribution in [3.63, 3.8) is 0 Å². The second-order valence-electron chi connectivity index (χ2n) is 7.05. The van der Waals surface area contributed by atoms with Gasteiger partial charge < -0.3 is 4.74 Å². The molecule has 0 aromatic heterocycles. The van der Waals surface area contributed by atoms with E-state index in [1.807, 2.05) is 0 Å². The average Bonchev–Trinajstić information content (AvgIpc) is 2.63. The quantitative estimate of drug-likeness (QED) is 0.639. The Labute approximate surface area is 111 Å². The first kappa shape index (κ1) is 12.1. The van der Waals surface area contributed by atoms with Crippen molar-refractivity contribution in [1.82, 2.24) is 0 Å². The van der Waals surface area contributed by atoms with Gasteiger partial charge in [-0.2, -0.15) is 0 Å². The van der Waals surface area contributed by atoms with E-state index in [0.717, 1.165) is 11.7 Å². The lowest BCUT2D eigenvalue weighted by atomic mass is 9.72. The first-order valence-corrected chi connectivity index (χ1v) is 7.31. The number of para-hydroxylation sites is 1. The Morgan fingerprint density at radius 1 is 1.22 bits per heavy atom. The monoisotopic (exact) mass is 244 g/mol. The van der Waals surface area contributed by atoms with Gasteiger partial charge in [0.2, 0.25) is 0 Å². The minimum Gasteiger partial charge on any atom is -0.489 e. The molecule has 1 heterocycles. The number of fused-ring (bicyclic) bond motifs is 3. The molecule has 1 nitrogen and oxygen atoms in total. The van der Waals surface area contributed by atoms with Gasteiger partial charge >= 0.3 is 0 Å². The van der Waals surface area contributed by atoms with Gasteiger partial charge in [-0.1, -0.05) is 45.4 Å². The minimum absolute atomic E-state index is 0.403. The summed E-state index contributed by atoms with van der Waals surface area (Å²) in [6.07, 6.45) is 5.58. The standard InChI is InChI=1S/C17H24O/c1-12-8-9-17(2,3)11-16-14(10-12)13-6-4-5-7-15(13)18-16/h4-7,12,14,16H,8-11H2,1-3H3. The molecule has 2 aliphatic rings. The highest BCUT2D eigenvalue weighted by Gasteiger charge is 2.39. The molecule has 0 saturated heterocycles. The van der Waals surface area contributed by atoms with E-state index in [1.165, 1.54) is 31.2 Å². The summed E-state index contributed by atoms with van der Waals surface area (Å²) in [5.41, 5.74) is 1.87. The highest BCUT2D eigenvalue weighted by Crippen LogP contribution is 2.48. The summed E-state index contributed by atoms with van der Waals surface area (Å²) in [6.45, 7) is 7.20. The predicted molar refractivity (Wildman–Crippen MR) is 75.0 cm³/mol. The lowest BCUT2D eigenvalue weighted by Crippen LogP contribution is -2.30. The van der Waals surface area contributed by atoms with Gasteiger partial charge in [0.25, 0.3) is 0 Å². The molecule has 0 N–H and O–H groups in total. The highest BCUT2D eigenvalue weighted by atomic mass is 16.5. The van der Waals surface area contributed by atoms with Gasteiger partial charge in [-0.3, -0.25) is 0 Å². The Bertz CT molecular complexity index is 435. The van der Waals surface area contributed by atoms with Crippen LogP contribution in [0.2, 0.25) is 0 Å². The normalized spacial score (nSPS) is 33.8. The highest BCUT2D eigenvalue weighted by molar-refractivity contribution is 5.41. The molecule has 3 rings (SSSR count). The Hall–Kier alpha value is -0.980. The smallest absolute Gasteiger partial charge is 0.123 e. The summed E-state index contributed by atoms with van der Waals surface area (Å²) in [6, 6.07) is 8.64. The van der Waals surface area contributed by atoms with Gasteiger partial charge in [-0.05, 0) is 36.7 Å². The number of rotatable bonds is 0. The minimum atomic E-state index is 0.403. The third-order valence-corrected chi connectivity index (χ3v) is 4.77. The molecule has 1 heteroatoms. The molecule has 1 fully saturated rings. The van der Waals surface area contributed by atoms with Crippen LogP contribution in [0.3, 0.4) is 0 Å². The molecule has 0 radical (unpaired) electrons. The van der Waals surface area contributed by atoms with E-state index < -0.39 is 0 Å². The largest absolute Gasteiger partial charge is 0.489 e.